The van der Waals surface area contributed by atoms with Crippen molar-refractivity contribution in [2.45, 2.75) is 25.4 Å². The third-order valence-electron chi connectivity index (χ3n) is 4.28. The van der Waals surface area contributed by atoms with Crippen molar-refractivity contribution in [2.24, 2.45) is 5.92 Å². The lowest BCUT2D eigenvalue weighted by Gasteiger charge is -2.32. The molecule has 0 atom stereocenters. The molecule has 25 heavy (non-hydrogen) atoms. The molecule has 1 aromatic carbocycles. The van der Waals surface area contributed by atoms with E-state index >= 15 is 0 Å². The molecule has 2 amide bonds. The van der Waals surface area contributed by atoms with Crippen LogP contribution >= 0.6 is 0 Å². The van der Waals surface area contributed by atoms with Crippen molar-refractivity contribution in [1.29, 1.82) is 0 Å². The summed E-state index contributed by atoms with van der Waals surface area (Å²) in [5.74, 6) is -1.25. The van der Waals surface area contributed by atoms with E-state index in [2.05, 4.69) is 5.32 Å². The van der Waals surface area contributed by atoms with Crippen LogP contribution < -0.4 is 10.1 Å². The van der Waals surface area contributed by atoms with Gasteiger partial charge in [-0.1, -0.05) is 18.2 Å². The molecule has 1 aromatic rings. The lowest BCUT2D eigenvalue weighted by atomic mass is 9.96. The van der Waals surface area contributed by atoms with Crippen molar-refractivity contribution in [3.05, 3.63) is 29.8 Å². The molecule has 0 unspecified atom stereocenters. The molecule has 138 valence electrons. The molecule has 0 aliphatic carbocycles. The minimum Gasteiger partial charge on any atom is -0.496 e. The van der Waals surface area contributed by atoms with Gasteiger partial charge < -0.3 is 15.0 Å². The van der Waals surface area contributed by atoms with Crippen molar-refractivity contribution in [3.8, 4) is 5.75 Å². The van der Waals surface area contributed by atoms with Crippen LogP contribution in [-0.4, -0.2) is 49.6 Å². The van der Waals surface area contributed by atoms with Gasteiger partial charge >= 0.3 is 12.1 Å². The van der Waals surface area contributed by atoms with E-state index in [4.69, 9.17) is 4.74 Å². The highest BCUT2D eigenvalue weighted by atomic mass is 19.4. The molecule has 2 rings (SSSR count). The fourth-order valence-corrected chi connectivity index (χ4v) is 2.86. The van der Waals surface area contributed by atoms with Gasteiger partial charge in [-0.25, -0.2) is 0 Å². The minimum atomic E-state index is -4.82. The summed E-state index contributed by atoms with van der Waals surface area (Å²) < 4.78 is 42.4. The van der Waals surface area contributed by atoms with E-state index in [1.807, 2.05) is 12.1 Å². The van der Waals surface area contributed by atoms with Crippen molar-refractivity contribution < 1.29 is 27.5 Å². The Kier molecular flexibility index (Phi) is 6.27. The number of methoxy groups -OCH3 is 1. The van der Waals surface area contributed by atoms with Crippen molar-refractivity contribution in [3.63, 3.8) is 0 Å². The quantitative estimate of drug-likeness (QED) is 0.878. The highest BCUT2D eigenvalue weighted by Crippen LogP contribution is 2.23. The number of likely N-dealkylation sites (tertiary alicyclic amines) is 1. The zero-order valence-corrected chi connectivity index (χ0v) is 13.9. The molecule has 1 aliphatic rings. The van der Waals surface area contributed by atoms with Gasteiger partial charge in [-0.05, 0) is 24.8 Å². The Hall–Kier alpha value is -2.25. The number of carbonyl (C=O) groups excluding carboxylic acids is 2. The molecule has 0 spiro atoms. The largest absolute Gasteiger partial charge is 0.496 e. The second kappa shape index (κ2) is 8.22. The predicted octanol–water partition coefficient (Wildman–Crippen LogP) is 2.15. The van der Waals surface area contributed by atoms with Crippen LogP contribution in [0.4, 0.5) is 13.2 Å². The zero-order valence-electron chi connectivity index (χ0n) is 13.9. The topological polar surface area (TPSA) is 58.6 Å². The molecular weight excluding hydrogens is 337 g/mol. The second-order valence-corrected chi connectivity index (χ2v) is 6.03. The lowest BCUT2D eigenvalue weighted by molar-refractivity contribution is -0.186. The smallest absolute Gasteiger partial charge is 0.471 e. The monoisotopic (exact) mass is 358 g/mol. The second-order valence-electron chi connectivity index (χ2n) is 6.03. The number of amides is 2. The van der Waals surface area contributed by atoms with E-state index in [1.165, 1.54) is 7.11 Å². The number of ether oxygens (including phenoxy) is 1. The van der Waals surface area contributed by atoms with E-state index in [0.29, 0.717) is 25.1 Å². The molecule has 1 heterocycles. The molecular formula is C17H21F3N2O3. The van der Waals surface area contributed by atoms with E-state index in [9.17, 15) is 22.8 Å². The minimum absolute atomic E-state index is 0.0609. The van der Waals surface area contributed by atoms with Crippen LogP contribution in [0.25, 0.3) is 0 Å². The Labute approximate surface area is 144 Å². The van der Waals surface area contributed by atoms with Gasteiger partial charge in [-0.2, -0.15) is 13.2 Å². The average molecular weight is 358 g/mol. The average Bonchev–Trinajstić information content (AvgIpc) is 2.59. The van der Waals surface area contributed by atoms with E-state index < -0.39 is 12.1 Å². The summed E-state index contributed by atoms with van der Waals surface area (Å²) in [5.41, 5.74) is 0.771. The first-order valence-corrected chi connectivity index (χ1v) is 8.06. The number of hydrogen-bond acceptors (Lipinski definition) is 3. The number of benzene rings is 1. The van der Waals surface area contributed by atoms with E-state index in [0.717, 1.165) is 10.5 Å². The van der Waals surface area contributed by atoms with Gasteiger partial charge in [0.15, 0.2) is 0 Å². The van der Waals surface area contributed by atoms with Gasteiger partial charge in [-0.3, -0.25) is 9.59 Å². The van der Waals surface area contributed by atoms with E-state index in [1.54, 1.807) is 12.1 Å². The van der Waals surface area contributed by atoms with Gasteiger partial charge in [0.25, 0.3) is 0 Å². The Morgan fingerprint density at radius 2 is 1.88 bits per heavy atom. The molecule has 0 saturated carbocycles. The van der Waals surface area contributed by atoms with Crippen molar-refractivity contribution in [2.75, 3.05) is 26.7 Å². The first-order valence-electron chi connectivity index (χ1n) is 8.06. The Morgan fingerprint density at radius 3 is 2.48 bits per heavy atom. The molecule has 0 bridgehead atoms. The predicted molar refractivity (Wildman–Crippen MR) is 85.1 cm³/mol. The maximum absolute atomic E-state index is 12.4. The molecule has 8 heteroatoms. The van der Waals surface area contributed by atoms with Crippen LogP contribution in [0.2, 0.25) is 0 Å². The molecule has 1 aliphatic heterocycles. The first-order chi connectivity index (χ1) is 11.8. The maximum Gasteiger partial charge on any atom is 0.471 e. The van der Waals surface area contributed by atoms with Crippen LogP contribution in [0, 0.1) is 5.92 Å². The van der Waals surface area contributed by atoms with Gasteiger partial charge in [0.2, 0.25) is 5.91 Å². The summed E-state index contributed by atoms with van der Waals surface area (Å²) in [6.07, 6.45) is -3.77. The fraction of sp³-hybridized carbons (Fsp3) is 0.529. The van der Waals surface area contributed by atoms with Gasteiger partial charge in [0.05, 0.1) is 13.5 Å². The normalized spacial score (nSPS) is 15.8. The Morgan fingerprint density at radius 1 is 1.24 bits per heavy atom. The number of hydrogen-bond donors (Lipinski definition) is 1. The van der Waals surface area contributed by atoms with Crippen LogP contribution in [0.1, 0.15) is 18.4 Å². The van der Waals surface area contributed by atoms with Crippen LogP contribution in [0.15, 0.2) is 24.3 Å². The number of nitrogens with one attached hydrogen (secondary N) is 1. The van der Waals surface area contributed by atoms with Crippen LogP contribution in [0.3, 0.4) is 0 Å². The summed E-state index contributed by atoms with van der Waals surface area (Å²) in [6, 6.07) is 7.21. The Bertz CT molecular complexity index is 611. The summed E-state index contributed by atoms with van der Waals surface area (Å²) in [5, 5.41) is 2.81. The summed E-state index contributed by atoms with van der Waals surface area (Å²) >= 11 is 0. The van der Waals surface area contributed by atoms with Gasteiger partial charge in [0.1, 0.15) is 5.75 Å². The number of halogens is 3. The summed E-state index contributed by atoms with van der Waals surface area (Å²) in [7, 11) is 1.53. The van der Waals surface area contributed by atoms with E-state index in [-0.39, 0.29) is 31.3 Å². The molecule has 1 fully saturated rings. The third kappa shape index (κ3) is 5.37. The lowest BCUT2D eigenvalue weighted by Crippen LogP contribution is -2.46. The van der Waals surface area contributed by atoms with Crippen LogP contribution in [-0.2, 0) is 16.0 Å². The standard InChI is InChI=1S/C17H21F3N2O3/c1-25-14-5-3-2-4-13(14)10-15(23)21-11-12-6-8-22(9-7-12)16(24)17(18,19)20/h2-5,12H,6-11H2,1H3,(H,21,23). The third-order valence-corrected chi connectivity index (χ3v) is 4.28. The number of carbonyl (C=O) groups is 2. The summed E-state index contributed by atoms with van der Waals surface area (Å²) in [4.78, 5) is 24.0. The highest BCUT2D eigenvalue weighted by molar-refractivity contribution is 5.82. The number of rotatable bonds is 5. The van der Waals surface area contributed by atoms with Gasteiger partial charge in [0, 0.05) is 25.2 Å². The SMILES string of the molecule is COc1ccccc1CC(=O)NCC1CCN(C(=O)C(F)(F)F)CC1. The number of para-hydroxylation sites is 1. The first kappa shape index (κ1) is 19.1. The number of alkyl halides is 3. The summed E-state index contributed by atoms with van der Waals surface area (Å²) in [6.45, 7) is 0.513. The number of nitrogens with zero attached hydrogens (tertiary/aromatic N) is 1. The highest BCUT2D eigenvalue weighted by Gasteiger charge is 2.43. The van der Waals surface area contributed by atoms with Gasteiger partial charge in [-0.15, -0.1) is 0 Å². The fourth-order valence-electron chi connectivity index (χ4n) is 2.86. The van der Waals surface area contributed by atoms with Crippen molar-refractivity contribution in [1.82, 2.24) is 10.2 Å². The molecule has 0 aromatic heterocycles. The van der Waals surface area contributed by atoms with Crippen molar-refractivity contribution >= 4 is 11.8 Å². The zero-order chi connectivity index (χ0) is 18.4. The van der Waals surface area contributed by atoms with Crippen LogP contribution in [0.5, 0.6) is 5.75 Å². The molecule has 1 N–H and O–H groups in total. The molecule has 1 saturated heterocycles. The maximum atomic E-state index is 12.4. The molecule has 5 nitrogen and oxygen atoms in total. The number of piperidine rings is 1. The molecule has 0 radical (unpaired) electrons. The Balaban J connectivity index is 1.76.